The molecule has 3 aromatic rings. The Morgan fingerprint density at radius 2 is 2.08 bits per heavy atom. The Kier molecular flexibility index (Phi) is 4.67. The highest BCUT2D eigenvalue weighted by Crippen LogP contribution is 2.22. The average Bonchev–Trinajstić information content (AvgIpc) is 2.96. The summed E-state index contributed by atoms with van der Waals surface area (Å²) in [6, 6.07) is 13.9. The maximum absolute atomic E-state index is 12.6. The first kappa shape index (κ1) is 16.7. The predicted molar refractivity (Wildman–Crippen MR) is 102 cm³/mol. The number of carbonyl (C=O) groups excluding carboxylic acids is 1. The number of fused-ring (bicyclic) bond motifs is 1. The molecule has 1 atom stereocenters. The topological polar surface area (TPSA) is 71.8 Å². The normalized spacial score (nSPS) is 15.6. The molecule has 1 aromatic carbocycles. The molecular weight excluding hydrogens is 326 g/mol. The van der Waals surface area contributed by atoms with Crippen LogP contribution in [0.15, 0.2) is 48.7 Å². The molecular formula is C20H23N5O. The summed E-state index contributed by atoms with van der Waals surface area (Å²) in [5.41, 5.74) is 2.94. The maximum Gasteiger partial charge on any atom is 0.229 e. The van der Waals surface area contributed by atoms with E-state index in [0.29, 0.717) is 18.4 Å². The third kappa shape index (κ3) is 3.32. The van der Waals surface area contributed by atoms with Crippen molar-refractivity contribution >= 4 is 22.9 Å². The molecule has 2 N–H and O–H groups in total. The number of pyridine rings is 1. The van der Waals surface area contributed by atoms with E-state index >= 15 is 0 Å². The van der Waals surface area contributed by atoms with Crippen LogP contribution in [0, 0.1) is 11.8 Å². The van der Waals surface area contributed by atoms with Gasteiger partial charge in [-0.2, -0.15) is 0 Å². The van der Waals surface area contributed by atoms with E-state index in [4.69, 9.17) is 0 Å². The minimum absolute atomic E-state index is 0.0275. The lowest BCUT2D eigenvalue weighted by atomic mass is 9.88. The Labute approximate surface area is 152 Å². The number of hydrogen-bond donors (Lipinski definition) is 2. The Morgan fingerprint density at radius 1 is 1.27 bits per heavy atom. The van der Waals surface area contributed by atoms with E-state index in [-0.39, 0.29) is 11.8 Å². The number of aromatic nitrogens is 3. The van der Waals surface area contributed by atoms with Gasteiger partial charge < -0.3 is 9.88 Å². The summed E-state index contributed by atoms with van der Waals surface area (Å²) in [6.07, 6.45) is 2.59. The second-order valence-electron chi connectivity index (χ2n) is 6.84. The lowest BCUT2D eigenvalue weighted by molar-refractivity contribution is -0.121. The molecule has 1 aliphatic heterocycles. The standard InChI is InChI=1S/C20H23N5O/c1-14(15-12-21-13-15)19(26)24-20-23-17-7-2-3-8-18(17)25(20)11-9-16-6-4-5-10-22-16/h2-8,10,14-15,21H,9,11-13H2,1H3,(H,23,24,26). The van der Waals surface area contributed by atoms with E-state index in [9.17, 15) is 4.79 Å². The summed E-state index contributed by atoms with van der Waals surface area (Å²) in [5, 5.41) is 6.27. The highest BCUT2D eigenvalue weighted by Gasteiger charge is 2.29. The SMILES string of the molecule is CC(C(=O)Nc1nc2ccccc2n1CCc1ccccn1)C1CNC1. The fourth-order valence-corrected chi connectivity index (χ4v) is 3.27. The van der Waals surface area contributed by atoms with Crippen LogP contribution in [-0.2, 0) is 17.8 Å². The first-order chi connectivity index (χ1) is 12.7. The van der Waals surface area contributed by atoms with Crippen LogP contribution in [0.3, 0.4) is 0 Å². The summed E-state index contributed by atoms with van der Waals surface area (Å²) in [6.45, 7) is 4.52. The highest BCUT2D eigenvalue weighted by molar-refractivity contribution is 5.93. The molecule has 134 valence electrons. The molecule has 1 unspecified atom stereocenters. The van der Waals surface area contributed by atoms with Gasteiger partial charge in [-0.05, 0) is 43.3 Å². The molecule has 0 aliphatic carbocycles. The van der Waals surface area contributed by atoms with Gasteiger partial charge in [-0.3, -0.25) is 15.1 Å². The smallest absolute Gasteiger partial charge is 0.229 e. The van der Waals surface area contributed by atoms with Gasteiger partial charge in [0.2, 0.25) is 11.9 Å². The molecule has 6 nitrogen and oxygen atoms in total. The van der Waals surface area contributed by atoms with Gasteiger partial charge in [0, 0.05) is 30.8 Å². The van der Waals surface area contributed by atoms with Gasteiger partial charge in [0.1, 0.15) is 0 Å². The van der Waals surface area contributed by atoms with Crippen molar-refractivity contribution in [2.24, 2.45) is 11.8 Å². The molecule has 4 rings (SSSR count). The molecule has 1 saturated heterocycles. The number of para-hydroxylation sites is 2. The van der Waals surface area contributed by atoms with E-state index < -0.39 is 0 Å². The summed E-state index contributed by atoms with van der Waals surface area (Å²) in [7, 11) is 0. The zero-order chi connectivity index (χ0) is 17.9. The van der Waals surface area contributed by atoms with E-state index in [2.05, 4.69) is 25.2 Å². The van der Waals surface area contributed by atoms with Gasteiger partial charge in [0.25, 0.3) is 0 Å². The zero-order valence-electron chi connectivity index (χ0n) is 14.9. The Balaban J connectivity index is 1.57. The van der Waals surface area contributed by atoms with E-state index in [1.165, 1.54) is 0 Å². The first-order valence-electron chi connectivity index (χ1n) is 9.09. The van der Waals surface area contributed by atoms with Gasteiger partial charge in [-0.25, -0.2) is 4.98 Å². The summed E-state index contributed by atoms with van der Waals surface area (Å²) >= 11 is 0. The number of aryl methyl sites for hydroxylation is 2. The van der Waals surface area contributed by atoms with Crippen molar-refractivity contribution in [1.29, 1.82) is 0 Å². The van der Waals surface area contributed by atoms with Crippen molar-refractivity contribution in [2.45, 2.75) is 19.9 Å². The van der Waals surface area contributed by atoms with Crippen molar-refractivity contribution in [3.63, 3.8) is 0 Å². The van der Waals surface area contributed by atoms with Gasteiger partial charge >= 0.3 is 0 Å². The van der Waals surface area contributed by atoms with Gasteiger partial charge in [0.15, 0.2) is 0 Å². The fourth-order valence-electron chi connectivity index (χ4n) is 3.27. The number of anilines is 1. The maximum atomic E-state index is 12.6. The van der Waals surface area contributed by atoms with Crippen molar-refractivity contribution in [2.75, 3.05) is 18.4 Å². The molecule has 1 amide bonds. The fraction of sp³-hybridized carbons (Fsp3) is 0.350. The molecule has 0 radical (unpaired) electrons. The lowest BCUT2D eigenvalue weighted by Crippen LogP contribution is -2.48. The quantitative estimate of drug-likeness (QED) is 0.717. The minimum atomic E-state index is -0.0275. The number of amides is 1. The molecule has 2 aromatic heterocycles. The second-order valence-corrected chi connectivity index (χ2v) is 6.84. The summed E-state index contributed by atoms with van der Waals surface area (Å²) in [4.78, 5) is 21.7. The Bertz CT molecular complexity index is 901. The molecule has 3 heterocycles. The van der Waals surface area contributed by atoms with Gasteiger partial charge in [0.05, 0.1) is 11.0 Å². The first-order valence-corrected chi connectivity index (χ1v) is 9.09. The van der Waals surface area contributed by atoms with Crippen LogP contribution < -0.4 is 10.6 Å². The van der Waals surface area contributed by atoms with Crippen molar-refractivity contribution in [3.8, 4) is 0 Å². The number of benzene rings is 1. The van der Waals surface area contributed by atoms with E-state index in [1.54, 1.807) is 6.20 Å². The van der Waals surface area contributed by atoms with Crippen LogP contribution in [-0.4, -0.2) is 33.5 Å². The minimum Gasteiger partial charge on any atom is -0.316 e. The number of rotatable bonds is 6. The molecule has 6 heteroatoms. The number of nitrogens with zero attached hydrogens (tertiary/aromatic N) is 3. The van der Waals surface area contributed by atoms with Crippen LogP contribution in [0.4, 0.5) is 5.95 Å². The van der Waals surface area contributed by atoms with Crippen molar-refractivity contribution in [3.05, 3.63) is 54.4 Å². The Morgan fingerprint density at radius 3 is 2.81 bits per heavy atom. The number of nitrogens with one attached hydrogen (secondary N) is 2. The van der Waals surface area contributed by atoms with Crippen LogP contribution in [0.5, 0.6) is 0 Å². The molecule has 0 bridgehead atoms. The predicted octanol–water partition coefficient (Wildman–Crippen LogP) is 2.47. The third-order valence-corrected chi connectivity index (χ3v) is 5.14. The zero-order valence-corrected chi connectivity index (χ0v) is 14.9. The average molecular weight is 349 g/mol. The van der Waals surface area contributed by atoms with Crippen molar-refractivity contribution in [1.82, 2.24) is 19.9 Å². The van der Waals surface area contributed by atoms with Crippen LogP contribution >= 0.6 is 0 Å². The van der Waals surface area contributed by atoms with E-state index in [1.807, 2.05) is 49.4 Å². The Hall–Kier alpha value is -2.73. The monoisotopic (exact) mass is 349 g/mol. The molecule has 26 heavy (non-hydrogen) atoms. The van der Waals surface area contributed by atoms with Gasteiger partial charge in [-0.15, -0.1) is 0 Å². The third-order valence-electron chi connectivity index (χ3n) is 5.14. The second kappa shape index (κ2) is 7.25. The van der Waals surface area contributed by atoms with Crippen LogP contribution in [0.25, 0.3) is 11.0 Å². The summed E-state index contributed by atoms with van der Waals surface area (Å²) in [5.74, 6) is 1.03. The van der Waals surface area contributed by atoms with Crippen LogP contribution in [0.1, 0.15) is 12.6 Å². The van der Waals surface area contributed by atoms with Crippen molar-refractivity contribution < 1.29 is 4.79 Å². The number of imidazole rings is 1. The van der Waals surface area contributed by atoms with Crippen LogP contribution in [0.2, 0.25) is 0 Å². The number of hydrogen-bond acceptors (Lipinski definition) is 4. The largest absolute Gasteiger partial charge is 0.316 e. The summed E-state index contributed by atoms with van der Waals surface area (Å²) < 4.78 is 2.08. The highest BCUT2D eigenvalue weighted by atomic mass is 16.2. The number of carbonyl (C=O) groups is 1. The molecule has 0 saturated carbocycles. The van der Waals surface area contributed by atoms with E-state index in [0.717, 1.165) is 36.2 Å². The molecule has 0 spiro atoms. The molecule has 1 aliphatic rings. The van der Waals surface area contributed by atoms with Gasteiger partial charge in [-0.1, -0.05) is 25.1 Å². The molecule has 1 fully saturated rings. The lowest BCUT2D eigenvalue weighted by Gasteiger charge is -2.31.